The van der Waals surface area contributed by atoms with E-state index in [9.17, 15) is 31.2 Å². The van der Waals surface area contributed by atoms with Crippen molar-refractivity contribution in [2.24, 2.45) is 7.05 Å². The Morgan fingerprint density at radius 3 is 2.25 bits per heavy atom. The molecule has 1 N–H and O–H groups in total. The Hall–Kier alpha value is -2.36. The number of benzene rings is 1. The molecular weight excluding hydrogens is 349 g/mol. The van der Waals surface area contributed by atoms with Gasteiger partial charge < -0.3 is 0 Å². The Labute approximate surface area is 134 Å². The van der Waals surface area contributed by atoms with Gasteiger partial charge in [0, 0.05) is 24.6 Å². The van der Waals surface area contributed by atoms with Crippen LogP contribution in [0, 0.1) is 6.92 Å². The summed E-state index contributed by atoms with van der Waals surface area (Å²) in [6, 6.07) is 1.77. The number of aromatic amines is 1. The number of carbonyl (C=O) groups excluding carboxylic acids is 1. The summed E-state index contributed by atoms with van der Waals surface area (Å²) in [6.07, 6.45) is -4.07. The number of ketones is 1. The minimum Gasteiger partial charge on any atom is -0.299 e. The van der Waals surface area contributed by atoms with Crippen LogP contribution in [0.3, 0.4) is 0 Å². The summed E-state index contributed by atoms with van der Waals surface area (Å²) in [5.41, 5.74) is -2.51. The molecule has 130 valence electrons. The number of rotatable bonds is 3. The second-order valence-corrected chi connectivity index (χ2v) is 7.27. The van der Waals surface area contributed by atoms with E-state index in [1.54, 1.807) is 0 Å². The molecule has 0 unspecified atom stereocenters. The summed E-state index contributed by atoms with van der Waals surface area (Å²) in [6.45, 7) is 1.43. The fourth-order valence-corrected chi connectivity index (χ4v) is 3.18. The Kier molecular flexibility index (Phi) is 4.21. The van der Waals surface area contributed by atoms with Crippen LogP contribution in [0.5, 0.6) is 0 Å². The molecule has 0 bridgehead atoms. The molecule has 10 heteroatoms. The third-order valence-electron chi connectivity index (χ3n) is 3.41. The molecule has 2 rings (SSSR count). The number of aromatic nitrogens is 2. The van der Waals surface area contributed by atoms with Gasteiger partial charge in [0.1, 0.15) is 5.56 Å². The quantitative estimate of drug-likeness (QED) is 0.842. The molecule has 0 aliphatic rings. The summed E-state index contributed by atoms with van der Waals surface area (Å²) in [5.74, 6) is -0.955. The first kappa shape index (κ1) is 18.0. The third-order valence-corrected chi connectivity index (χ3v) is 4.55. The van der Waals surface area contributed by atoms with Crippen LogP contribution in [-0.2, 0) is 23.1 Å². The molecule has 0 amide bonds. The Morgan fingerprint density at radius 1 is 1.25 bits per heavy atom. The maximum absolute atomic E-state index is 12.8. The second kappa shape index (κ2) is 5.62. The molecule has 1 heterocycles. The number of alkyl halides is 3. The molecule has 0 spiro atoms. The number of aryl methyl sites for hydroxylation is 2. The van der Waals surface area contributed by atoms with E-state index in [0.717, 1.165) is 10.7 Å². The van der Waals surface area contributed by atoms with E-state index in [4.69, 9.17) is 0 Å². The first-order chi connectivity index (χ1) is 10.8. The van der Waals surface area contributed by atoms with E-state index in [2.05, 4.69) is 5.10 Å². The number of sulfone groups is 1. The predicted molar refractivity (Wildman–Crippen MR) is 78.8 cm³/mol. The largest absolute Gasteiger partial charge is 0.416 e. The van der Waals surface area contributed by atoms with Crippen molar-refractivity contribution in [3.63, 3.8) is 0 Å². The van der Waals surface area contributed by atoms with E-state index < -0.39 is 43.4 Å². The van der Waals surface area contributed by atoms with E-state index >= 15 is 0 Å². The average molecular weight is 362 g/mol. The highest BCUT2D eigenvalue weighted by Crippen LogP contribution is 2.32. The minimum atomic E-state index is -4.76. The summed E-state index contributed by atoms with van der Waals surface area (Å²) in [5, 5.41) is 2.57. The van der Waals surface area contributed by atoms with Crippen LogP contribution in [0.1, 0.15) is 27.2 Å². The van der Waals surface area contributed by atoms with Crippen LogP contribution in [-0.4, -0.2) is 30.2 Å². The van der Waals surface area contributed by atoms with Crippen LogP contribution in [0.15, 0.2) is 27.9 Å². The van der Waals surface area contributed by atoms with Crippen LogP contribution >= 0.6 is 0 Å². The Balaban J connectivity index is 2.75. The van der Waals surface area contributed by atoms with Crippen molar-refractivity contribution >= 4 is 15.6 Å². The van der Waals surface area contributed by atoms with E-state index in [-0.39, 0.29) is 11.3 Å². The zero-order valence-corrected chi connectivity index (χ0v) is 13.7. The van der Waals surface area contributed by atoms with Gasteiger partial charge in [0.25, 0.3) is 5.56 Å². The summed E-state index contributed by atoms with van der Waals surface area (Å²) in [4.78, 5) is 23.8. The normalized spacial score (nSPS) is 12.4. The molecule has 6 nitrogen and oxygen atoms in total. The standard InChI is InChI=1S/C14H13F3N2O4S/c1-7-11(13(21)19(2)18-7)12(20)9-5-4-8(14(15,16)17)6-10(9)24(3,22)23/h4-6,18H,1-3H3. The molecule has 0 saturated heterocycles. The lowest BCUT2D eigenvalue weighted by molar-refractivity contribution is -0.137. The molecular formula is C14H13F3N2O4S. The lowest BCUT2D eigenvalue weighted by atomic mass is 10.0. The number of hydrogen-bond acceptors (Lipinski definition) is 4. The minimum absolute atomic E-state index is 0.187. The molecule has 0 fully saturated rings. The molecule has 1 aromatic heterocycles. The van der Waals surface area contributed by atoms with Crippen LogP contribution in [0.4, 0.5) is 13.2 Å². The molecule has 0 aliphatic heterocycles. The molecule has 1 aromatic carbocycles. The van der Waals surface area contributed by atoms with Crippen molar-refractivity contribution in [3.05, 3.63) is 50.9 Å². The second-order valence-electron chi connectivity index (χ2n) is 5.29. The number of nitrogens with zero attached hydrogens (tertiary/aromatic N) is 1. The van der Waals surface area contributed by atoms with Gasteiger partial charge in [-0.2, -0.15) is 13.2 Å². The van der Waals surface area contributed by atoms with Gasteiger partial charge in [-0.3, -0.25) is 19.4 Å². The van der Waals surface area contributed by atoms with Crippen molar-refractivity contribution < 1.29 is 26.4 Å². The van der Waals surface area contributed by atoms with Crippen LogP contribution in [0.2, 0.25) is 0 Å². The fourth-order valence-electron chi connectivity index (χ4n) is 2.28. The van der Waals surface area contributed by atoms with Gasteiger partial charge in [0.2, 0.25) is 5.78 Å². The van der Waals surface area contributed by atoms with Crippen molar-refractivity contribution in [2.75, 3.05) is 6.26 Å². The van der Waals surface area contributed by atoms with Gasteiger partial charge >= 0.3 is 6.18 Å². The lowest BCUT2D eigenvalue weighted by Crippen LogP contribution is -2.21. The summed E-state index contributed by atoms with van der Waals surface area (Å²) in [7, 11) is -2.77. The smallest absolute Gasteiger partial charge is 0.299 e. The van der Waals surface area contributed by atoms with Crippen molar-refractivity contribution in [1.29, 1.82) is 0 Å². The highest BCUT2D eigenvalue weighted by molar-refractivity contribution is 7.90. The van der Waals surface area contributed by atoms with Crippen molar-refractivity contribution in [2.45, 2.75) is 18.0 Å². The highest BCUT2D eigenvalue weighted by Gasteiger charge is 2.33. The average Bonchev–Trinajstić information content (AvgIpc) is 2.69. The Morgan fingerprint density at radius 2 is 1.83 bits per heavy atom. The van der Waals surface area contributed by atoms with Gasteiger partial charge in [-0.25, -0.2) is 8.42 Å². The lowest BCUT2D eigenvalue weighted by Gasteiger charge is -2.11. The highest BCUT2D eigenvalue weighted by atomic mass is 32.2. The molecule has 2 aromatic rings. The maximum Gasteiger partial charge on any atom is 0.416 e. The summed E-state index contributed by atoms with van der Waals surface area (Å²) >= 11 is 0. The van der Waals surface area contributed by atoms with Crippen molar-refractivity contribution in [1.82, 2.24) is 9.78 Å². The topological polar surface area (TPSA) is 89.0 Å². The Bertz CT molecular complexity index is 984. The first-order valence-corrected chi connectivity index (χ1v) is 8.44. The van der Waals surface area contributed by atoms with Crippen LogP contribution in [0.25, 0.3) is 0 Å². The van der Waals surface area contributed by atoms with Gasteiger partial charge in [-0.05, 0) is 25.1 Å². The monoisotopic (exact) mass is 362 g/mol. The molecule has 0 saturated carbocycles. The number of H-pyrrole nitrogens is 1. The zero-order chi connectivity index (χ0) is 18.4. The number of carbonyl (C=O) groups is 1. The summed E-state index contributed by atoms with van der Waals surface area (Å²) < 4.78 is 63.1. The number of halogens is 3. The van der Waals surface area contributed by atoms with Gasteiger partial charge in [0.05, 0.1) is 10.5 Å². The first-order valence-electron chi connectivity index (χ1n) is 6.55. The SMILES string of the molecule is Cc1[nH]n(C)c(=O)c1C(=O)c1ccc(C(F)(F)F)cc1S(C)(=O)=O. The molecule has 24 heavy (non-hydrogen) atoms. The molecule has 0 aliphatic carbocycles. The molecule has 0 radical (unpaired) electrons. The van der Waals surface area contributed by atoms with Crippen LogP contribution < -0.4 is 5.56 Å². The number of hydrogen-bond donors (Lipinski definition) is 1. The van der Waals surface area contributed by atoms with Gasteiger partial charge in [0.15, 0.2) is 9.84 Å². The zero-order valence-electron chi connectivity index (χ0n) is 12.9. The van der Waals surface area contributed by atoms with Gasteiger partial charge in [-0.15, -0.1) is 0 Å². The molecule has 0 atom stereocenters. The maximum atomic E-state index is 12.8. The predicted octanol–water partition coefficient (Wildman–Crippen LogP) is 1.68. The number of nitrogens with one attached hydrogen (secondary N) is 1. The fraction of sp³-hybridized carbons (Fsp3) is 0.286. The third kappa shape index (κ3) is 3.14. The van der Waals surface area contributed by atoms with E-state index in [1.807, 2.05) is 0 Å². The van der Waals surface area contributed by atoms with E-state index in [1.165, 1.54) is 14.0 Å². The van der Waals surface area contributed by atoms with Crippen molar-refractivity contribution in [3.8, 4) is 0 Å². The van der Waals surface area contributed by atoms with E-state index in [0.29, 0.717) is 18.4 Å². The van der Waals surface area contributed by atoms with Gasteiger partial charge in [-0.1, -0.05) is 0 Å².